The Kier molecular flexibility index (Phi) is 9.06. The minimum atomic E-state index is -0.125. The van der Waals surface area contributed by atoms with Gasteiger partial charge in [0.05, 0.1) is 18.7 Å². The Bertz CT molecular complexity index is 615. The standard InChI is InChI=1S/C11H11N2O.C5H8O2.Ir/c1-13-8-7-12-11(13)9-3-5-10(14-2)6-4-9;1-4(6)3-5(2)7;/h3,5-8H,1-2H3;3,6H,1-2H3;/q-1;;/b;4-3-;. The third kappa shape index (κ3) is 6.70. The van der Waals surface area contributed by atoms with E-state index in [-0.39, 0.29) is 31.6 Å². The Morgan fingerprint density at radius 1 is 1.41 bits per heavy atom. The van der Waals surface area contributed by atoms with Crippen molar-refractivity contribution < 1.29 is 34.7 Å². The number of ether oxygens (including phenoxy) is 1. The van der Waals surface area contributed by atoms with E-state index in [1.54, 1.807) is 13.3 Å². The summed E-state index contributed by atoms with van der Waals surface area (Å²) in [7, 11) is 3.60. The van der Waals surface area contributed by atoms with Gasteiger partial charge in [-0.05, 0) is 13.8 Å². The molecule has 1 N–H and O–H groups in total. The molecule has 0 amide bonds. The first-order valence-electron chi connectivity index (χ1n) is 6.35. The zero-order valence-corrected chi connectivity index (χ0v) is 15.4. The van der Waals surface area contributed by atoms with Crippen molar-refractivity contribution in [3.05, 3.63) is 48.5 Å². The van der Waals surface area contributed by atoms with E-state index in [2.05, 4.69) is 11.1 Å². The minimum Gasteiger partial charge on any atom is -0.540 e. The van der Waals surface area contributed by atoms with Gasteiger partial charge in [-0.2, -0.15) is 0 Å². The number of methoxy groups -OCH3 is 1. The van der Waals surface area contributed by atoms with Gasteiger partial charge in [0.25, 0.3) is 0 Å². The Morgan fingerprint density at radius 3 is 2.41 bits per heavy atom. The summed E-state index contributed by atoms with van der Waals surface area (Å²) in [5, 5.41) is 8.36. The van der Waals surface area contributed by atoms with Crippen molar-refractivity contribution in [3.8, 4) is 17.1 Å². The summed E-state index contributed by atoms with van der Waals surface area (Å²) in [6.45, 7) is 2.85. The van der Waals surface area contributed by atoms with Gasteiger partial charge in [0.15, 0.2) is 5.78 Å². The van der Waals surface area contributed by atoms with Gasteiger partial charge >= 0.3 is 0 Å². The number of imidazole rings is 1. The first-order chi connectivity index (χ1) is 9.93. The number of aliphatic hydroxyl groups excluding tert-OH is 1. The van der Waals surface area contributed by atoms with Crippen LogP contribution in [0, 0.1) is 6.07 Å². The largest absolute Gasteiger partial charge is 0.540 e. The molecule has 1 aromatic heterocycles. The first-order valence-corrected chi connectivity index (χ1v) is 6.35. The molecule has 2 aromatic rings. The molecule has 121 valence electrons. The molecule has 1 aromatic carbocycles. The number of aryl methyl sites for hydroxylation is 1. The number of aromatic nitrogens is 2. The molecule has 1 radical (unpaired) electrons. The van der Waals surface area contributed by atoms with Crippen LogP contribution in [0.2, 0.25) is 0 Å². The Hall–Kier alpha value is -1.91. The molecular formula is C16H19IrN2O3-. The van der Waals surface area contributed by atoms with Crippen LogP contribution in [0.3, 0.4) is 0 Å². The van der Waals surface area contributed by atoms with Gasteiger partial charge in [0.2, 0.25) is 0 Å². The fourth-order valence-electron chi connectivity index (χ4n) is 1.60. The van der Waals surface area contributed by atoms with Crippen molar-refractivity contribution in [2.75, 3.05) is 7.11 Å². The second kappa shape index (κ2) is 9.92. The summed E-state index contributed by atoms with van der Waals surface area (Å²) in [5.41, 5.74) is 0.971. The normalized spacial score (nSPS) is 10.1. The Balaban J connectivity index is 0.000000478. The van der Waals surface area contributed by atoms with Gasteiger partial charge in [0.1, 0.15) is 0 Å². The molecule has 0 aliphatic carbocycles. The molecule has 0 fully saturated rings. The number of aliphatic hydroxyl groups is 1. The molecule has 0 saturated heterocycles. The fraction of sp³-hybridized carbons (Fsp3) is 0.250. The third-order valence-corrected chi connectivity index (χ3v) is 2.49. The maximum atomic E-state index is 10.0. The average Bonchev–Trinajstić information content (AvgIpc) is 2.84. The van der Waals surface area contributed by atoms with Crippen LogP contribution >= 0.6 is 0 Å². The summed E-state index contributed by atoms with van der Waals surface area (Å²) >= 11 is 0. The predicted octanol–water partition coefficient (Wildman–Crippen LogP) is 2.93. The smallest absolute Gasteiger partial charge is 0.155 e. The maximum absolute atomic E-state index is 10.0. The first kappa shape index (κ1) is 20.1. The van der Waals surface area contributed by atoms with Crippen molar-refractivity contribution in [2.45, 2.75) is 13.8 Å². The summed E-state index contributed by atoms with van der Waals surface area (Å²) < 4.78 is 7.01. The van der Waals surface area contributed by atoms with E-state index in [4.69, 9.17) is 9.84 Å². The van der Waals surface area contributed by atoms with Crippen molar-refractivity contribution in [2.24, 2.45) is 7.05 Å². The number of ketones is 1. The van der Waals surface area contributed by atoms with Crippen LogP contribution in [0.5, 0.6) is 5.75 Å². The number of benzene rings is 1. The Morgan fingerprint density at radius 2 is 2.09 bits per heavy atom. The number of hydrogen-bond acceptors (Lipinski definition) is 4. The minimum absolute atomic E-state index is 0. The quantitative estimate of drug-likeness (QED) is 0.418. The van der Waals surface area contributed by atoms with Crippen molar-refractivity contribution in [1.29, 1.82) is 0 Å². The average molecular weight is 480 g/mol. The van der Waals surface area contributed by atoms with Crippen LogP contribution in [0.1, 0.15) is 13.8 Å². The van der Waals surface area contributed by atoms with Crippen LogP contribution in [0.25, 0.3) is 11.4 Å². The van der Waals surface area contributed by atoms with E-state index >= 15 is 0 Å². The fourth-order valence-corrected chi connectivity index (χ4v) is 1.60. The third-order valence-electron chi connectivity index (χ3n) is 2.49. The van der Waals surface area contributed by atoms with Gasteiger partial charge in [0, 0.05) is 51.4 Å². The van der Waals surface area contributed by atoms with E-state index in [1.165, 1.54) is 19.9 Å². The molecule has 0 spiro atoms. The predicted molar refractivity (Wildman–Crippen MR) is 81.1 cm³/mol. The van der Waals surface area contributed by atoms with E-state index < -0.39 is 0 Å². The molecule has 0 unspecified atom stereocenters. The topological polar surface area (TPSA) is 64.3 Å². The van der Waals surface area contributed by atoms with Gasteiger partial charge in [-0.25, -0.2) is 0 Å². The van der Waals surface area contributed by atoms with E-state index in [1.807, 2.05) is 36.0 Å². The molecule has 0 saturated carbocycles. The van der Waals surface area contributed by atoms with Crippen molar-refractivity contribution >= 4 is 5.78 Å². The molecule has 0 aliphatic heterocycles. The molecule has 0 atom stereocenters. The van der Waals surface area contributed by atoms with E-state index in [0.717, 1.165) is 17.1 Å². The Labute approximate surface area is 144 Å². The molecule has 22 heavy (non-hydrogen) atoms. The molecule has 1 heterocycles. The zero-order chi connectivity index (χ0) is 15.8. The van der Waals surface area contributed by atoms with E-state index in [0.29, 0.717) is 0 Å². The zero-order valence-electron chi connectivity index (χ0n) is 13.0. The second-order valence-corrected chi connectivity index (χ2v) is 4.40. The van der Waals surface area contributed by atoms with Gasteiger partial charge in [-0.15, -0.1) is 29.8 Å². The summed E-state index contributed by atoms with van der Waals surface area (Å²) in [6.07, 6.45) is 4.85. The number of nitrogens with zero attached hydrogens (tertiary/aromatic N) is 2. The molecule has 2 rings (SSSR count). The van der Waals surface area contributed by atoms with Crippen LogP contribution in [-0.4, -0.2) is 27.6 Å². The SMILES string of the molecule is CC(=O)/C=C(/C)O.COc1c[c-]c(-c2nccn2C)cc1.[Ir]. The molecular weight excluding hydrogens is 460 g/mol. The van der Waals surface area contributed by atoms with Gasteiger partial charge < -0.3 is 14.4 Å². The van der Waals surface area contributed by atoms with Crippen molar-refractivity contribution in [3.63, 3.8) is 0 Å². The molecule has 5 nitrogen and oxygen atoms in total. The number of carbonyl (C=O) groups is 1. The number of hydrogen-bond donors (Lipinski definition) is 1. The number of rotatable bonds is 3. The van der Waals surface area contributed by atoms with Crippen molar-refractivity contribution in [1.82, 2.24) is 9.55 Å². The van der Waals surface area contributed by atoms with Gasteiger partial charge in [-0.1, -0.05) is 0 Å². The van der Waals surface area contributed by atoms with Crippen LogP contribution < -0.4 is 4.74 Å². The van der Waals surface area contributed by atoms with Crippen LogP contribution in [0.15, 0.2) is 42.4 Å². The number of carbonyl (C=O) groups excluding carboxylic acids is 1. The van der Waals surface area contributed by atoms with Crippen LogP contribution in [0.4, 0.5) is 0 Å². The summed E-state index contributed by atoms with van der Waals surface area (Å²) in [6, 6.07) is 8.78. The maximum Gasteiger partial charge on any atom is 0.155 e. The van der Waals surface area contributed by atoms with Crippen LogP contribution in [-0.2, 0) is 31.9 Å². The van der Waals surface area contributed by atoms with E-state index in [9.17, 15) is 4.79 Å². The monoisotopic (exact) mass is 480 g/mol. The molecule has 0 bridgehead atoms. The number of allylic oxidation sites excluding steroid dienone is 2. The van der Waals surface area contributed by atoms with Gasteiger partial charge in [-0.3, -0.25) is 9.78 Å². The molecule has 6 heteroatoms. The summed E-state index contributed by atoms with van der Waals surface area (Å²) in [5.74, 6) is 1.66. The second-order valence-electron chi connectivity index (χ2n) is 4.40. The molecule has 0 aliphatic rings. The summed E-state index contributed by atoms with van der Waals surface area (Å²) in [4.78, 5) is 14.3.